The Hall–Kier alpha value is -1.74. The molecule has 2 aromatic heterocycles. The maximum absolute atomic E-state index is 5.31. The lowest BCUT2D eigenvalue weighted by Crippen LogP contribution is -2.12. The van der Waals surface area contributed by atoms with Gasteiger partial charge in [-0.25, -0.2) is 15.8 Å². The second-order valence-electron chi connectivity index (χ2n) is 3.44. The van der Waals surface area contributed by atoms with E-state index in [9.17, 15) is 0 Å². The van der Waals surface area contributed by atoms with E-state index in [1.807, 2.05) is 0 Å². The standard InChI is InChI=1S/C9H12BrN7O/c1-5-15-6(17-18-5)2-3-12-8-7(10)9(16-11)14-4-13-8/h4H,2-3,11H2,1H3,(H2,12,13,14,16). The van der Waals surface area contributed by atoms with Crippen LogP contribution in [0.2, 0.25) is 0 Å². The van der Waals surface area contributed by atoms with Crippen molar-refractivity contribution in [2.45, 2.75) is 13.3 Å². The fourth-order valence-electron chi connectivity index (χ4n) is 1.33. The maximum atomic E-state index is 5.31. The maximum Gasteiger partial charge on any atom is 0.223 e. The molecule has 0 unspecified atom stereocenters. The molecule has 0 aliphatic carbocycles. The summed E-state index contributed by atoms with van der Waals surface area (Å²) in [4.78, 5) is 12.2. The van der Waals surface area contributed by atoms with Crippen LogP contribution in [0.3, 0.4) is 0 Å². The molecule has 0 saturated carbocycles. The van der Waals surface area contributed by atoms with Crippen LogP contribution in [0.5, 0.6) is 0 Å². The molecule has 2 heterocycles. The summed E-state index contributed by atoms with van der Waals surface area (Å²) in [5.74, 6) is 7.69. The van der Waals surface area contributed by atoms with Gasteiger partial charge in [-0.1, -0.05) is 5.16 Å². The van der Waals surface area contributed by atoms with Crippen molar-refractivity contribution in [2.75, 3.05) is 17.3 Å². The lowest BCUT2D eigenvalue weighted by atomic mass is 10.4. The summed E-state index contributed by atoms with van der Waals surface area (Å²) in [7, 11) is 0. The summed E-state index contributed by atoms with van der Waals surface area (Å²) >= 11 is 3.35. The zero-order valence-corrected chi connectivity index (χ0v) is 11.2. The van der Waals surface area contributed by atoms with Crippen molar-refractivity contribution in [1.82, 2.24) is 20.1 Å². The minimum absolute atomic E-state index is 0.517. The van der Waals surface area contributed by atoms with Gasteiger partial charge in [-0.3, -0.25) is 0 Å². The number of hydrogen-bond donors (Lipinski definition) is 3. The third-order valence-electron chi connectivity index (χ3n) is 2.14. The summed E-state index contributed by atoms with van der Waals surface area (Å²) in [6.07, 6.45) is 2.06. The minimum Gasteiger partial charge on any atom is -0.369 e. The summed E-state index contributed by atoms with van der Waals surface area (Å²) < 4.78 is 5.55. The van der Waals surface area contributed by atoms with E-state index >= 15 is 0 Å². The molecule has 0 radical (unpaired) electrons. The van der Waals surface area contributed by atoms with Crippen molar-refractivity contribution in [3.05, 3.63) is 22.5 Å². The molecule has 0 saturated heterocycles. The monoisotopic (exact) mass is 313 g/mol. The normalized spacial score (nSPS) is 10.4. The Morgan fingerprint density at radius 1 is 1.39 bits per heavy atom. The number of nitrogens with zero attached hydrogens (tertiary/aromatic N) is 4. The molecule has 0 spiro atoms. The Morgan fingerprint density at radius 2 is 2.17 bits per heavy atom. The number of halogens is 1. The van der Waals surface area contributed by atoms with Crippen LogP contribution in [0.1, 0.15) is 11.7 Å². The quantitative estimate of drug-likeness (QED) is 0.550. The summed E-state index contributed by atoms with van der Waals surface area (Å²) in [5.41, 5.74) is 2.47. The first-order valence-corrected chi connectivity index (χ1v) is 6.00. The zero-order valence-electron chi connectivity index (χ0n) is 9.64. The third-order valence-corrected chi connectivity index (χ3v) is 2.89. The van der Waals surface area contributed by atoms with E-state index < -0.39 is 0 Å². The van der Waals surface area contributed by atoms with Gasteiger partial charge in [0, 0.05) is 19.9 Å². The molecular weight excluding hydrogens is 302 g/mol. The van der Waals surface area contributed by atoms with E-state index in [0.717, 1.165) is 0 Å². The zero-order chi connectivity index (χ0) is 13.0. The molecular formula is C9H12BrN7O. The second-order valence-corrected chi connectivity index (χ2v) is 4.23. The average molecular weight is 314 g/mol. The molecule has 0 atom stereocenters. The van der Waals surface area contributed by atoms with Gasteiger partial charge in [0.15, 0.2) is 11.6 Å². The smallest absolute Gasteiger partial charge is 0.223 e. The van der Waals surface area contributed by atoms with Crippen molar-refractivity contribution in [2.24, 2.45) is 5.84 Å². The predicted molar refractivity (Wildman–Crippen MR) is 68.8 cm³/mol. The van der Waals surface area contributed by atoms with E-state index in [0.29, 0.717) is 40.8 Å². The Morgan fingerprint density at radius 3 is 2.83 bits per heavy atom. The first-order chi connectivity index (χ1) is 8.70. The SMILES string of the molecule is Cc1nc(CCNc2ncnc(NN)c2Br)no1. The molecule has 0 fully saturated rings. The lowest BCUT2D eigenvalue weighted by molar-refractivity contribution is 0.387. The molecule has 9 heteroatoms. The van der Waals surface area contributed by atoms with Crippen molar-refractivity contribution < 1.29 is 4.52 Å². The Balaban J connectivity index is 1.94. The van der Waals surface area contributed by atoms with Crippen LogP contribution < -0.4 is 16.6 Å². The van der Waals surface area contributed by atoms with Gasteiger partial charge in [0.05, 0.1) is 0 Å². The van der Waals surface area contributed by atoms with Crippen molar-refractivity contribution >= 4 is 27.6 Å². The molecule has 96 valence electrons. The first-order valence-electron chi connectivity index (χ1n) is 5.21. The largest absolute Gasteiger partial charge is 0.369 e. The highest BCUT2D eigenvalue weighted by atomic mass is 79.9. The molecule has 0 aliphatic rings. The molecule has 2 rings (SSSR count). The van der Waals surface area contributed by atoms with Crippen molar-refractivity contribution in [1.29, 1.82) is 0 Å². The van der Waals surface area contributed by atoms with Crippen LogP contribution in [0, 0.1) is 6.92 Å². The third kappa shape index (κ3) is 2.93. The number of anilines is 2. The van der Waals surface area contributed by atoms with Crippen LogP contribution in [-0.2, 0) is 6.42 Å². The van der Waals surface area contributed by atoms with E-state index in [4.69, 9.17) is 10.4 Å². The Kier molecular flexibility index (Phi) is 4.05. The van der Waals surface area contributed by atoms with Crippen LogP contribution in [0.25, 0.3) is 0 Å². The summed E-state index contributed by atoms with van der Waals surface area (Å²) in [6.45, 7) is 2.38. The van der Waals surface area contributed by atoms with E-state index in [2.05, 4.69) is 46.8 Å². The summed E-state index contributed by atoms with van der Waals surface area (Å²) in [6, 6.07) is 0. The fraction of sp³-hybridized carbons (Fsp3) is 0.333. The molecule has 18 heavy (non-hydrogen) atoms. The number of nitrogen functional groups attached to an aromatic ring is 1. The molecule has 2 aromatic rings. The minimum atomic E-state index is 0.517. The topological polar surface area (TPSA) is 115 Å². The predicted octanol–water partition coefficient (Wildman–Crippen LogP) is 0.871. The molecule has 8 nitrogen and oxygen atoms in total. The fourth-order valence-corrected chi connectivity index (χ4v) is 1.79. The second kappa shape index (κ2) is 5.74. The van der Waals surface area contributed by atoms with Gasteiger partial charge in [0.2, 0.25) is 5.89 Å². The highest BCUT2D eigenvalue weighted by molar-refractivity contribution is 9.10. The van der Waals surface area contributed by atoms with E-state index in [-0.39, 0.29) is 0 Å². The Bertz CT molecular complexity index is 529. The van der Waals surface area contributed by atoms with Gasteiger partial charge in [-0.15, -0.1) is 0 Å². The lowest BCUT2D eigenvalue weighted by Gasteiger charge is -2.08. The van der Waals surface area contributed by atoms with Crippen LogP contribution in [0.4, 0.5) is 11.6 Å². The number of aromatic nitrogens is 4. The van der Waals surface area contributed by atoms with E-state index in [1.165, 1.54) is 6.33 Å². The molecule has 0 aromatic carbocycles. The number of hydrogen-bond acceptors (Lipinski definition) is 8. The van der Waals surface area contributed by atoms with Gasteiger partial charge in [0.1, 0.15) is 16.6 Å². The van der Waals surface area contributed by atoms with Crippen LogP contribution in [-0.4, -0.2) is 26.7 Å². The number of hydrazine groups is 1. The van der Waals surface area contributed by atoms with Gasteiger partial charge in [-0.2, -0.15) is 4.98 Å². The molecule has 0 bridgehead atoms. The highest BCUT2D eigenvalue weighted by Crippen LogP contribution is 2.25. The first kappa shape index (κ1) is 12.7. The van der Waals surface area contributed by atoms with Gasteiger partial charge >= 0.3 is 0 Å². The number of rotatable bonds is 5. The highest BCUT2D eigenvalue weighted by Gasteiger charge is 2.08. The summed E-state index contributed by atoms with van der Waals surface area (Å²) in [5, 5.41) is 6.93. The van der Waals surface area contributed by atoms with Crippen molar-refractivity contribution in [3.63, 3.8) is 0 Å². The number of nitrogens with one attached hydrogen (secondary N) is 2. The van der Waals surface area contributed by atoms with Crippen molar-refractivity contribution in [3.8, 4) is 0 Å². The Labute approximate surface area is 111 Å². The van der Waals surface area contributed by atoms with Gasteiger partial charge < -0.3 is 15.3 Å². The van der Waals surface area contributed by atoms with Crippen LogP contribution in [0.15, 0.2) is 15.3 Å². The molecule has 4 N–H and O–H groups in total. The number of nitrogens with two attached hydrogens (primary N) is 1. The molecule has 0 amide bonds. The van der Waals surface area contributed by atoms with Crippen LogP contribution >= 0.6 is 15.9 Å². The molecule has 0 aliphatic heterocycles. The number of aryl methyl sites for hydroxylation is 1. The average Bonchev–Trinajstić information content (AvgIpc) is 2.77. The van der Waals surface area contributed by atoms with Gasteiger partial charge in [0.25, 0.3) is 0 Å². The van der Waals surface area contributed by atoms with E-state index in [1.54, 1.807) is 6.92 Å². The van der Waals surface area contributed by atoms with Gasteiger partial charge in [-0.05, 0) is 15.9 Å².